The summed E-state index contributed by atoms with van der Waals surface area (Å²) in [5.74, 6) is -0.572. The van der Waals surface area contributed by atoms with E-state index in [1.54, 1.807) is 11.8 Å². The number of carbonyl (C=O) groups is 3. The molecule has 6 heteroatoms. The fraction of sp³-hybridized carbons (Fsp3) is 0.786. The van der Waals surface area contributed by atoms with Crippen molar-refractivity contribution in [3.8, 4) is 0 Å². The van der Waals surface area contributed by atoms with Crippen molar-refractivity contribution in [1.82, 2.24) is 10.2 Å². The molecule has 2 amide bonds. The van der Waals surface area contributed by atoms with E-state index in [0.717, 1.165) is 12.8 Å². The molecule has 1 atom stereocenters. The van der Waals surface area contributed by atoms with Gasteiger partial charge in [-0.25, -0.2) is 0 Å². The van der Waals surface area contributed by atoms with Crippen molar-refractivity contribution < 1.29 is 19.5 Å². The monoisotopic (exact) mass is 282 g/mol. The number of amides is 2. The standard InChI is InChI=1S/C14H22N2O4/c1-14(13(19)20)6-8-16(9-14)11(17)3-2-7-15-12(18)10-4-5-10/h10H,2-9H2,1H3,(H,15,18)(H,19,20). The quantitative estimate of drug-likeness (QED) is 0.699. The molecular formula is C14H22N2O4. The van der Waals surface area contributed by atoms with Gasteiger partial charge < -0.3 is 15.3 Å². The molecule has 0 radical (unpaired) electrons. The molecule has 20 heavy (non-hydrogen) atoms. The van der Waals surface area contributed by atoms with Crippen molar-refractivity contribution >= 4 is 17.8 Å². The maximum absolute atomic E-state index is 12.0. The van der Waals surface area contributed by atoms with Gasteiger partial charge in [0, 0.05) is 32.0 Å². The molecule has 0 bridgehead atoms. The van der Waals surface area contributed by atoms with Crippen LogP contribution in [0.15, 0.2) is 0 Å². The van der Waals surface area contributed by atoms with Crippen LogP contribution in [0.5, 0.6) is 0 Å². The van der Waals surface area contributed by atoms with Crippen molar-refractivity contribution in [2.75, 3.05) is 19.6 Å². The Kier molecular flexibility index (Phi) is 4.30. The van der Waals surface area contributed by atoms with E-state index < -0.39 is 11.4 Å². The number of hydrogen-bond donors (Lipinski definition) is 2. The SMILES string of the molecule is CC1(C(=O)O)CCN(C(=O)CCCNC(=O)C2CC2)C1. The number of aliphatic carboxylic acids is 1. The van der Waals surface area contributed by atoms with Crippen LogP contribution in [0.1, 0.15) is 39.0 Å². The van der Waals surface area contributed by atoms with Crippen molar-refractivity contribution in [1.29, 1.82) is 0 Å². The molecule has 1 unspecified atom stereocenters. The maximum atomic E-state index is 12.0. The zero-order valence-electron chi connectivity index (χ0n) is 11.9. The second-order valence-electron chi connectivity index (χ2n) is 6.10. The minimum Gasteiger partial charge on any atom is -0.481 e. The lowest BCUT2D eigenvalue weighted by atomic mass is 9.90. The van der Waals surface area contributed by atoms with E-state index in [1.165, 1.54) is 0 Å². The van der Waals surface area contributed by atoms with Gasteiger partial charge in [-0.2, -0.15) is 0 Å². The summed E-state index contributed by atoms with van der Waals surface area (Å²) >= 11 is 0. The van der Waals surface area contributed by atoms with Gasteiger partial charge in [-0.3, -0.25) is 14.4 Å². The summed E-state index contributed by atoms with van der Waals surface area (Å²) in [6.45, 7) is 3.00. The molecule has 0 aromatic heterocycles. The molecule has 0 spiro atoms. The fourth-order valence-corrected chi connectivity index (χ4v) is 2.45. The first-order valence-electron chi connectivity index (χ1n) is 7.21. The Morgan fingerprint density at radius 1 is 1.35 bits per heavy atom. The first-order valence-corrected chi connectivity index (χ1v) is 7.21. The van der Waals surface area contributed by atoms with Gasteiger partial charge >= 0.3 is 5.97 Å². The van der Waals surface area contributed by atoms with Gasteiger partial charge in [-0.15, -0.1) is 0 Å². The van der Waals surface area contributed by atoms with Crippen LogP contribution in [0.2, 0.25) is 0 Å². The Balaban J connectivity index is 1.65. The molecular weight excluding hydrogens is 260 g/mol. The van der Waals surface area contributed by atoms with Gasteiger partial charge in [0.15, 0.2) is 0 Å². The van der Waals surface area contributed by atoms with Crippen LogP contribution in [0, 0.1) is 11.3 Å². The van der Waals surface area contributed by atoms with Crippen LogP contribution in [0.25, 0.3) is 0 Å². The van der Waals surface area contributed by atoms with E-state index in [0.29, 0.717) is 32.4 Å². The summed E-state index contributed by atoms with van der Waals surface area (Å²) < 4.78 is 0. The predicted octanol–water partition coefficient (Wildman–Crippen LogP) is 0.616. The summed E-state index contributed by atoms with van der Waals surface area (Å²) in [6, 6.07) is 0. The zero-order valence-corrected chi connectivity index (χ0v) is 11.9. The Morgan fingerprint density at radius 3 is 2.60 bits per heavy atom. The fourth-order valence-electron chi connectivity index (χ4n) is 2.45. The summed E-state index contributed by atoms with van der Waals surface area (Å²) in [5, 5.41) is 11.9. The third-order valence-electron chi connectivity index (χ3n) is 4.16. The van der Waals surface area contributed by atoms with Crippen LogP contribution in [-0.4, -0.2) is 47.4 Å². The van der Waals surface area contributed by atoms with Crippen LogP contribution in [-0.2, 0) is 14.4 Å². The number of rotatable bonds is 6. The Bertz CT molecular complexity index is 419. The van der Waals surface area contributed by atoms with E-state index >= 15 is 0 Å². The van der Waals surface area contributed by atoms with Gasteiger partial charge in [0.05, 0.1) is 5.41 Å². The number of carboxylic acids is 1. The molecule has 1 heterocycles. The molecule has 2 rings (SSSR count). The maximum Gasteiger partial charge on any atom is 0.311 e. The number of nitrogens with zero attached hydrogens (tertiary/aromatic N) is 1. The molecule has 0 aromatic rings. The van der Waals surface area contributed by atoms with E-state index in [9.17, 15) is 14.4 Å². The van der Waals surface area contributed by atoms with Gasteiger partial charge in [0.25, 0.3) is 0 Å². The molecule has 0 aromatic carbocycles. The summed E-state index contributed by atoms with van der Waals surface area (Å²) in [7, 11) is 0. The van der Waals surface area contributed by atoms with E-state index in [2.05, 4.69) is 5.32 Å². The van der Waals surface area contributed by atoms with Crippen molar-refractivity contribution in [2.45, 2.75) is 39.0 Å². The summed E-state index contributed by atoms with van der Waals surface area (Å²) in [6.07, 6.45) is 3.43. The lowest BCUT2D eigenvalue weighted by molar-refractivity contribution is -0.147. The number of carboxylic acid groups (broad SMARTS) is 1. The summed E-state index contributed by atoms with van der Waals surface area (Å²) in [5.41, 5.74) is -0.810. The van der Waals surface area contributed by atoms with Gasteiger partial charge in [-0.05, 0) is 32.6 Å². The Morgan fingerprint density at radius 2 is 2.05 bits per heavy atom. The largest absolute Gasteiger partial charge is 0.481 e. The van der Waals surface area contributed by atoms with E-state index in [-0.39, 0.29) is 24.3 Å². The number of carbonyl (C=O) groups excluding carboxylic acids is 2. The molecule has 1 aliphatic carbocycles. The molecule has 1 aliphatic heterocycles. The second-order valence-corrected chi connectivity index (χ2v) is 6.10. The molecule has 6 nitrogen and oxygen atoms in total. The highest BCUT2D eigenvalue weighted by molar-refractivity contribution is 5.81. The number of hydrogen-bond acceptors (Lipinski definition) is 3. The molecule has 2 aliphatic rings. The molecule has 1 saturated carbocycles. The van der Waals surface area contributed by atoms with Gasteiger partial charge in [-0.1, -0.05) is 0 Å². The smallest absolute Gasteiger partial charge is 0.311 e. The highest BCUT2D eigenvalue weighted by atomic mass is 16.4. The van der Waals surface area contributed by atoms with E-state index in [1.807, 2.05) is 0 Å². The average molecular weight is 282 g/mol. The predicted molar refractivity (Wildman–Crippen MR) is 71.9 cm³/mol. The third-order valence-corrected chi connectivity index (χ3v) is 4.16. The molecule has 1 saturated heterocycles. The first kappa shape index (κ1) is 14.8. The normalized spacial score (nSPS) is 25.6. The molecule has 2 fully saturated rings. The van der Waals surface area contributed by atoms with E-state index in [4.69, 9.17) is 5.11 Å². The lowest BCUT2D eigenvalue weighted by Gasteiger charge is -2.20. The van der Waals surface area contributed by atoms with Gasteiger partial charge in [0.1, 0.15) is 0 Å². The topological polar surface area (TPSA) is 86.7 Å². The van der Waals surface area contributed by atoms with Gasteiger partial charge in [0.2, 0.25) is 11.8 Å². The molecule has 2 N–H and O–H groups in total. The van der Waals surface area contributed by atoms with Crippen LogP contribution in [0.3, 0.4) is 0 Å². The Hall–Kier alpha value is -1.59. The minimum atomic E-state index is -0.843. The van der Waals surface area contributed by atoms with Crippen molar-refractivity contribution in [3.63, 3.8) is 0 Å². The molecule has 112 valence electrons. The highest BCUT2D eigenvalue weighted by Crippen LogP contribution is 2.30. The van der Waals surface area contributed by atoms with Crippen molar-refractivity contribution in [2.24, 2.45) is 11.3 Å². The number of nitrogens with one attached hydrogen (secondary N) is 1. The zero-order chi connectivity index (χ0) is 14.8. The second kappa shape index (κ2) is 5.81. The summed E-state index contributed by atoms with van der Waals surface area (Å²) in [4.78, 5) is 36.1. The van der Waals surface area contributed by atoms with Crippen LogP contribution >= 0.6 is 0 Å². The third kappa shape index (κ3) is 3.49. The lowest BCUT2D eigenvalue weighted by Crippen LogP contribution is -2.35. The highest BCUT2D eigenvalue weighted by Gasteiger charge is 2.41. The van der Waals surface area contributed by atoms with Crippen LogP contribution in [0.4, 0.5) is 0 Å². The number of likely N-dealkylation sites (tertiary alicyclic amines) is 1. The van der Waals surface area contributed by atoms with Crippen molar-refractivity contribution in [3.05, 3.63) is 0 Å². The average Bonchev–Trinajstić information content (AvgIpc) is 3.17. The van der Waals surface area contributed by atoms with Crippen LogP contribution < -0.4 is 5.32 Å². The first-order chi connectivity index (χ1) is 9.42. The Labute approximate surface area is 118 Å². The minimum absolute atomic E-state index is 0.0179.